The van der Waals surface area contributed by atoms with Crippen molar-refractivity contribution in [3.63, 3.8) is 0 Å². The van der Waals surface area contributed by atoms with Crippen molar-refractivity contribution >= 4 is 32.9 Å². The smallest absolute Gasteiger partial charge is 0.528 e. The molecule has 2 rings (SSSR count). The first-order valence-corrected chi connectivity index (χ1v) is 8.07. The van der Waals surface area contributed by atoms with Crippen molar-refractivity contribution in [3.05, 3.63) is 58.7 Å². The van der Waals surface area contributed by atoms with E-state index in [2.05, 4.69) is 37.4 Å². The Hall–Kier alpha value is -1.20. The van der Waals surface area contributed by atoms with E-state index in [-0.39, 0.29) is 7.69 Å². The maximum Gasteiger partial charge on any atom is 0.576 e. The predicted molar refractivity (Wildman–Crippen MR) is 96.1 cm³/mol. The van der Waals surface area contributed by atoms with Gasteiger partial charge in [-0.1, -0.05) is 24.3 Å². The fourth-order valence-corrected chi connectivity index (χ4v) is 2.49. The number of benzene rings is 2. The highest BCUT2D eigenvalue weighted by Crippen LogP contribution is 2.22. The summed E-state index contributed by atoms with van der Waals surface area (Å²) in [5.74, 6) is 3.14. The van der Waals surface area contributed by atoms with Crippen LogP contribution in [0.3, 0.4) is 0 Å². The van der Waals surface area contributed by atoms with Gasteiger partial charge in [0.1, 0.15) is 11.5 Å². The number of rotatable bonds is 6. The first-order valence-electron chi connectivity index (χ1n) is 6.80. The Morgan fingerprint density at radius 2 is 1.24 bits per heavy atom. The second-order valence-corrected chi connectivity index (χ2v) is 5.55. The van der Waals surface area contributed by atoms with Gasteiger partial charge in [0.15, 0.2) is 0 Å². The average molecular weight is 318 g/mol. The SMILES string of the molecule is Cc1cc(CS)ccc1OBOc1ccc(CS)cc1C. The van der Waals surface area contributed by atoms with Crippen LogP contribution in [0.5, 0.6) is 11.5 Å². The van der Waals surface area contributed by atoms with Crippen LogP contribution in [0, 0.1) is 13.8 Å². The molecule has 0 saturated carbocycles. The summed E-state index contributed by atoms with van der Waals surface area (Å²) in [5, 5.41) is 0. The van der Waals surface area contributed by atoms with Crippen LogP contribution in [-0.4, -0.2) is 7.69 Å². The summed E-state index contributed by atoms with van der Waals surface area (Å²) in [7, 11) is 0.197. The van der Waals surface area contributed by atoms with Crippen LogP contribution in [0.2, 0.25) is 0 Å². The minimum atomic E-state index is 0.197. The van der Waals surface area contributed by atoms with Crippen molar-refractivity contribution in [3.8, 4) is 11.5 Å². The summed E-state index contributed by atoms with van der Waals surface area (Å²) < 4.78 is 11.4. The van der Waals surface area contributed by atoms with E-state index in [1.54, 1.807) is 0 Å². The molecule has 0 aliphatic heterocycles. The zero-order chi connectivity index (χ0) is 15.2. The van der Waals surface area contributed by atoms with Crippen LogP contribution >= 0.6 is 25.3 Å². The van der Waals surface area contributed by atoms with E-state index in [1.807, 2.05) is 38.1 Å². The summed E-state index contributed by atoms with van der Waals surface area (Å²) in [6.07, 6.45) is 0. The molecular formula is C16H19BO2S2. The summed E-state index contributed by atoms with van der Waals surface area (Å²) in [4.78, 5) is 0. The molecule has 0 aliphatic rings. The molecule has 0 atom stereocenters. The van der Waals surface area contributed by atoms with E-state index in [4.69, 9.17) is 9.31 Å². The number of hydrogen-bond acceptors (Lipinski definition) is 4. The van der Waals surface area contributed by atoms with Gasteiger partial charge in [0, 0.05) is 11.5 Å². The van der Waals surface area contributed by atoms with E-state index in [9.17, 15) is 0 Å². The molecule has 0 fully saturated rings. The zero-order valence-electron chi connectivity index (χ0n) is 12.3. The van der Waals surface area contributed by atoms with Crippen LogP contribution < -0.4 is 9.31 Å². The largest absolute Gasteiger partial charge is 0.576 e. The predicted octanol–water partition coefficient (Wildman–Crippen LogP) is 3.89. The highest BCUT2D eigenvalue weighted by atomic mass is 32.1. The molecule has 0 heterocycles. The monoisotopic (exact) mass is 318 g/mol. The number of thiol groups is 2. The van der Waals surface area contributed by atoms with Gasteiger partial charge in [0.2, 0.25) is 0 Å². The lowest BCUT2D eigenvalue weighted by Crippen LogP contribution is -2.12. The molecule has 21 heavy (non-hydrogen) atoms. The molecule has 0 unspecified atom stereocenters. The van der Waals surface area contributed by atoms with Crippen LogP contribution in [0.4, 0.5) is 0 Å². The molecule has 5 heteroatoms. The maximum atomic E-state index is 5.69. The molecule has 2 aromatic carbocycles. The van der Waals surface area contributed by atoms with E-state index >= 15 is 0 Å². The van der Waals surface area contributed by atoms with Gasteiger partial charge in [-0.25, -0.2) is 0 Å². The third-order valence-corrected chi connectivity index (χ3v) is 4.00. The molecule has 0 saturated heterocycles. The highest BCUT2D eigenvalue weighted by molar-refractivity contribution is 7.79. The van der Waals surface area contributed by atoms with Gasteiger partial charge in [-0.2, -0.15) is 25.3 Å². The lowest BCUT2D eigenvalue weighted by molar-refractivity contribution is 0.455. The van der Waals surface area contributed by atoms with Crippen molar-refractivity contribution in [2.75, 3.05) is 0 Å². The lowest BCUT2D eigenvalue weighted by Gasteiger charge is -2.12. The van der Waals surface area contributed by atoms with Crippen LogP contribution in [0.25, 0.3) is 0 Å². The fraction of sp³-hybridized carbons (Fsp3) is 0.250. The van der Waals surface area contributed by atoms with Gasteiger partial charge in [-0.3, -0.25) is 0 Å². The summed E-state index contributed by atoms with van der Waals surface area (Å²) in [6, 6.07) is 12.1. The summed E-state index contributed by atoms with van der Waals surface area (Å²) >= 11 is 8.53. The Kier molecular flexibility index (Phi) is 5.94. The van der Waals surface area contributed by atoms with Gasteiger partial charge in [-0.05, 0) is 48.2 Å². The number of aryl methyl sites for hydroxylation is 2. The first-order chi connectivity index (χ1) is 10.1. The normalized spacial score (nSPS) is 10.3. The summed E-state index contributed by atoms with van der Waals surface area (Å²) in [6.45, 7) is 4.05. The zero-order valence-corrected chi connectivity index (χ0v) is 14.1. The Balaban J connectivity index is 1.95. The Bertz CT molecular complexity index is 564. The minimum Gasteiger partial charge on any atom is -0.528 e. The quantitative estimate of drug-likeness (QED) is 0.622. The fourth-order valence-electron chi connectivity index (χ4n) is 2.10. The Morgan fingerprint density at radius 1 is 0.810 bits per heavy atom. The van der Waals surface area contributed by atoms with E-state index < -0.39 is 0 Å². The molecule has 0 N–H and O–H groups in total. The molecule has 0 bridgehead atoms. The van der Waals surface area contributed by atoms with Crippen LogP contribution in [0.1, 0.15) is 22.3 Å². The van der Waals surface area contributed by atoms with Gasteiger partial charge in [-0.15, -0.1) is 0 Å². The molecule has 0 amide bonds. The second-order valence-electron chi connectivity index (χ2n) is 4.92. The molecule has 0 aromatic heterocycles. The maximum absolute atomic E-state index is 5.69. The third kappa shape index (κ3) is 4.38. The van der Waals surface area contributed by atoms with Crippen LogP contribution in [-0.2, 0) is 11.5 Å². The van der Waals surface area contributed by atoms with Crippen molar-refractivity contribution < 1.29 is 9.31 Å². The highest BCUT2D eigenvalue weighted by Gasteiger charge is 2.06. The van der Waals surface area contributed by atoms with Crippen molar-refractivity contribution in [2.45, 2.75) is 25.4 Å². The molecule has 0 aliphatic carbocycles. The second kappa shape index (κ2) is 7.71. The standard InChI is InChI=1S/C16H19BO2S2/c1-11-7-13(9-20)3-5-15(11)18-17-19-16-6-4-14(10-21)8-12(16)2/h3-8,17,20-21H,9-10H2,1-2H3. The molecule has 2 aromatic rings. The van der Waals surface area contributed by atoms with Crippen LogP contribution in [0.15, 0.2) is 36.4 Å². The van der Waals surface area contributed by atoms with E-state index in [0.717, 1.165) is 34.1 Å². The Morgan fingerprint density at radius 3 is 1.57 bits per heavy atom. The minimum absolute atomic E-state index is 0.197. The first kappa shape index (κ1) is 16.2. The molecule has 0 radical (unpaired) electrons. The van der Waals surface area contributed by atoms with Crippen molar-refractivity contribution in [1.29, 1.82) is 0 Å². The van der Waals surface area contributed by atoms with Gasteiger partial charge >= 0.3 is 7.69 Å². The molecule has 110 valence electrons. The van der Waals surface area contributed by atoms with Gasteiger partial charge in [0.25, 0.3) is 0 Å². The third-order valence-electron chi connectivity index (χ3n) is 3.27. The Labute approximate surface area is 138 Å². The van der Waals surface area contributed by atoms with E-state index in [0.29, 0.717) is 0 Å². The van der Waals surface area contributed by atoms with Crippen molar-refractivity contribution in [2.24, 2.45) is 0 Å². The molecule has 0 spiro atoms. The summed E-state index contributed by atoms with van der Waals surface area (Å²) in [5.41, 5.74) is 4.55. The van der Waals surface area contributed by atoms with Crippen molar-refractivity contribution in [1.82, 2.24) is 0 Å². The lowest BCUT2D eigenvalue weighted by atomic mass is 10.1. The topological polar surface area (TPSA) is 18.5 Å². The number of hydrogen-bond donors (Lipinski definition) is 2. The van der Waals surface area contributed by atoms with Gasteiger partial charge < -0.3 is 9.31 Å². The molecule has 2 nitrogen and oxygen atoms in total. The average Bonchev–Trinajstić information content (AvgIpc) is 2.50. The molecular weight excluding hydrogens is 299 g/mol. The van der Waals surface area contributed by atoms with E-state index in [1.165, 1.54) is 11.1 Å². The van der Waals surface area contributed by atoms with Gasteiger partial charge in [0.05, 0.1) is 0 Å².